The third kappa shape index (κ3) is 7.54. The summed E-state index contributed by atoms with van der Waals surface area (Å²) in [5.41, 5.74) is 0.389. The molecule has 0 fully saturated rings. The highest BCUT2D eigenvalue weighted by Crippen LogP contribution is 2.48. The van der Waals surface area contributed by atoms with Gasteiger partial charge in [-0.05, 0) is 36.4 Å². The Hall–Kier alpha value is -6.42. The van der Waals surface area contributed by atoms with Gasteiger partial charge in [0.05, 0.1) is 100 Å². The van der Waals surface area contributed by atoms with Gasteiger partial charge < -0.3 is 66.7 Å². The Morgan fingerprint density at radius 1 is 0.463 bits per heavy atom. The minimum atomic E-state index is -0.524. The number of benzene rings is 4. The van der Waals surface area contributed by atoms with Crippen LogP contribution in [0.5, 0.6) is 69.0 Å². The monoisotopic (exact) mass is 756 g/mol. The van der Waals surface area contributed by atoms with Crippen molar-refractivity contribution in [2.45, 2.75) is 0 Å². The molecule has 0 aliphatic heterocycles. The molecule has 0 saturated heterocycles. The summed E-state index contributed by atoms with van der Waals surface area (Å²) < 4.78 is 64.2. The summed E-state index contributed by atoms with van der Waals surface area (Å²) in [5, 5.41) is 18.2. The highest BCUT2D eigenvalue weighted by atomic mass is 16.6. The van der Waals surface area contributed by atoms with E-state index in [1.807, 2.05) is 0 Å². The van der Waals surface area contributed by atoms with Crippen LogP contribution in [0.15, 0.2) is 45.6 Å². The largest absolute Gasteiger partial charge is 0.504 e. The quantitative estimate of drug-likeness (QED) is 0.117. The number of phenols is 1. The van der Waals surface area contributed by atoms with Crippen molar-refractivity contribution in [2.24, 2.45) is 0 Å². The third-order valence-electron chi connectivity index (χ3n) is 7.98. The molecule has 0 spiro atoms. The maximum absolute atomic E-state index is 13.2. The van der Waals surface area contributed by atoms with Gasteiger partial charge in [-0.15, -0.1) is 0 Å². The first-order valence-corrected chi connectivity index (χ1v) is 15.7. The van der Waals surface area contributed by atoms with E-state index in [1.165, 1.54) is 90.3 Å². The first-order valence-electron chi connectivity index (χ1n) is 15.7. The number of aromatic hydroxyl groups is 1. The van der Waals surface area contributed by atoms with Gasteiger partial charge in [0, 0.05) is 7.11 Å². The summed E-state index contributed by atoms with van der Waals surface area (Å²) in [6.45, 7) is 0. The van der Waals surface area contributed by atoms with E-state index in [-0.39, 0.29) is 68.0 Å². The lowest BCUT2D eigenvalue weighted by Crippen LogP contribution is -2.08. The van der Waals surface area contributed by atoms with Crippen LogP contribution in [0.2, 0.25) is 0 Å². The molecule has 0 amide bonds. The smallest absolute Gasteiger partial charge is 0.208 e. The SMILES string of the molecule is CO.COc1cc2c(=O)c3ccc(OC)c(OC)c3oc2c(OC)c1OC.COc1ccc(C(=O)c2cc(OC)c(OC)c(OC)c2O)c(OC)c1OC. The molecule has 1 heterocycles. The number of aliphatic hydroxyl groups is 1. The van der Waals surface area contributed by atoms with Gasteiger partial charge in [-0.25, -0.2) is 0 Å². The topological polar surface area (TPSA) is 189 Å². The number of hydrogen-bond donors (Lipinski definition) is 2. The van der Waals surface area contributed by atoms with Crippen molar-refractivity contribution >= 4 is 27.7 Å². The normalized spacial score (nSPS) is 10.2. The zero-order valence-electron chi connectivity index (χ0n) is 32.1. The molecule has 292 valence electrons. The number of ketones is 1. The Morgan fingerprint density at radius 3 is 1.39 bits per heavy atom. The average molecular weight is 757 g/mol. The second-order valence-corrected chi connectivity index (χ2v) is 10.4. The average Bonchev–Trinajstić information content (AvgIpc) is 3.22. The minimum absolute atomic E-state index is 0.0142. The molecule has 1 aromatic heterocycles. The molecule has 5 rings (SSSR count). The molecule has 2 N–H and O–H groups in total. The number of hydrogen-bond acceptors (Lipinski definition) is 16. The third-order valence-corrected chi connectivity index (χ3v) is 7.98. The highest BCUT2D eigenvalue weighted by molar-refractivity contribution is 6.14. The van der Waals surface area contributed by atoms with Crippen LogP contribution in [0.25, 0.3) is 21.9 Å². The molecule has 0 bridgehead atoms. The van der Waals surface area contributed by atoms with E-state index >= 15 is 0 Å². The maximum atomic E-state index is 13.2. The van der Waals surface area contributed by atoms with Crippen molar-refractivity contribution in [1.82, 2.24) is 0 Å². The van der Waals surface area contributed by atoms with Gasteiger partial charge in [0.15, 0.2) is 45.7 Å². The fourth-order valence-corrected chi connectivity index (χ4v) is 5.57. The standard InChI is InChI=1S/C19H22O8.C18H18O7.CH4O/c1-22-12-8-7-10(16(24-3)17(12)25-4)14(20)11-9-13(23-2)18(26-5)19(27-6)15(11)21;1-20-11-7-6-9-13(19)10-8-12(21-2)17(23-4)18(24-5)15(10)25-14(9)16(11)22-3;1-2/h7-9,21H,1-6H3;6-8H,1-5H3;2H,1H3. The second-order valence-electron chi connectivity index (χ2n) is 10.4. The molecule has 4 aromatic carbocycles. The minimum Gasteiger partial charge on any atom is -0.504 e. The molecule has 0 radical (unpaired) electrons. The van der Waals surface area contributed by atoms with Crippen LogP contribution in [0.3, 0.4) is 0 Å². The van der Waals surface area contributed by atoms with E-state index in [2.05, 4.69) is 0 Å². The lowest BCUT2D eigenvalue weighted by molar-refractivity contribution is 0.103. The lowest BCUT2D eigenvalue weighted by Gasteiger charge is -2.18. The molecule has 0 aliphatic carbocycles. The van der Waals surface area contributed by atoms with Crippen LogP contribution < -0.4 is 57.5 Å². The fourth-order valence-electron chi connectivity index (χ4n) is 5.57. The zero-order valence-corrected chi connectivity index (χ0v) is 32.1. The number of aliphatic hydroxyl groups excluding tert-OH is 1. The lowest BCUT2D eigenvalue weighted by atomic mass is 9.99. The first-order chi connectivity index (χ1) is 26.1. The zero-order chi connectivity index (χ0) is 40.3. The molecule has 0 atom stereocenters. The van der Waals surface area contributed by atoms with Gasteiger partial charge in [-0.3, -0.25) is 9.59 Å². The summed E-state index contributed by atoms with van der Waals surface area (Å²) in [6, 6.07) is 9.32. The van der Waals surface area contributed by atoms with Crippen LogP contribution in [0, 0.1) is 0 Å². The summed E-state index contributed by atoms with van der Waals surface area (Å²) in [4.78, 5) is 26.1. The van der Waals surface area contributed by atoms with Crippen molar-refractivity contribution in [1.29, 1.82) is 0 Å². The summed E-state index contributed by atoms with van der Waals surface area (Å²) >= 11 is 0. The number of fused-ring (bicyclic) bond motifs is 2. The van der Waals surface area contributed by atoms with E-state index in [9.17, 15) is 14.7 Å². The van der Waals surface area contributed by atoms with Gasteiger partial charge >= 0.3 is 0 Å². The fraction of sp³-hybridized carbons (Fsp3) is 0.316. The van der Waals surface area contributed by atoms with Gasteiger partial charge in [0.2, 0.25) is 45.7 Å². The van der Waals surface area contributed by atoms with E-state index in [0.717, 1.165) is 7.11 Å². The van der Waals surface area contributed by atoms with Crippen molar-refractivity contribution in [3.8, 4) is 69.0 Å². The molecular formula is C38H44O16. The number of phenolic OH excluding ortho intramolecular Hbond substituents is 1. The van der Waals surface area contributed by atoms with E-state index < -0.39 is 5.78 Å². The Kier molecular flexibility index (Phi) is 14.7. The maximum Gasteiger partial charge on any atom is 0.208 e. The van der Waals surface area contributed by atoms with Crippen molar-refractivity contribution in [3.63, 3.8) is 0 Å². The van der Waals surface area contributed by atoms with Gasteiger partial charge in [0.25, 0.3) is 0 Å². The number of ether oxygens (including phenoxy) is 11. The van der Waals surface area contributed by atoms with E-state index in [1.54, 1.807) is 24.3 Å². The predicted molar refractivity (Wildman–Crippen MR) is 198 cm³/mol. The highest BCUT2D eigenvalue weighted by Gasteiger charge is 2.29. The summed E-state index contributed by atoms with van der Waals surface area (Å²) in [5.74, 6) is 2.09. The first kappa shape index (κ1) is 42.0. The van der Waals surface area contributed by atoms with Crippen molar-refractivity contribution in [2.75, 3.05) is 85.3 Å². The van der Waals surface area contributed by atoms with Crippen LogP contribution in [-0.4, -0.2) is 101 Å². The van der Waals surface area contributed by atoms with Gasteiger partial charge in [-0.1, -0.05) is 0 Å². The molecule has 16 nitrogen and oxygen atoms in total. The van der Waals surface area contributed by atoms with Gasteiger partial charge in [0.1, 0.15) is 0 Å². The molecule has 54 heavy (non-hydrogen) atoms. The number of carbonyl (C=O) groups excluding carboxylic acids is 1. The van der Waals surface area contributed by atoms with Crippen LogP contribution >= 0.6 is 0 Å². The van der Waals surface area contributed by atoms with Crippen LogP contribution in [0.4, 0.5) is 0 Å². The molecule has 5 aromatic rings. The number of carbonyl (C=O) groups is 1. The van der Waals surface area contributed by atoms with Crippen LogP contribution in [0.1, 0.15) is 15.9 Å². The van der Waals surface area contributed by atoms with E-state index in [0.29, 0.717) is 39.5 Å². The molecule has 0 aliphatic rings. The summed E-state index contributed by atoms with van der Waals surface area (Å²) in [6.07, 6.45) is 0. The van der Waals surface area contributed by atoms with Gasteiger partial charge in [-0.2, -0.15) is 0 Å². The Morgan fingerprint density at radius 2 is 0.889 bits per heavy atom. The molecule has 0 unspecified atom stereocenters. The second kappa shape index (κ2) is 18.9. The Balaban J connectivity index is 0.000000278. The number of methoxy groups -OCH3 is 11. The Labute approximate surface area is 311 Å². The van der Waals surface area contributed by atoms with Crippen molar-refractivity contribution < 1.29 is 71.5 Å². The van der Waals surface area contributed by atoms with Crippen molar-refractivity contribution in [3.05, 3.63) is 57.7 Å². The Bertz CT molecular complexity index is 2160. The molecular weight excluding hydrogens is 712 g/mol. The summed E-state index contributed by atoms with van der Waals surface area (Å²) in [7, 11) is 16.9. The number of rotatable bonds is 13. The predicted octanol–water partition coefficient (Wildman–Crippen LogP) is 5.27. The van der Waals surface area contributed by atoms with Crippen LogP contribution in [-0.2, 0) is 0 Å². The molecule has 0 saturated carbocycles. The van der Waals surface area contributed by atoms with E-state index in [4.69, 9.17) is 61.6 Å². The molecule has 16 heteroatoms.